The molecule has 0 atom stereocenters. The number of amides is 1. The van der Waals surface area contributed by atoms with Gasteiger partial charge in [0.05, 0.1) is 29.4 Å². The normalized spacial score (nSPS) is 14.6. The maximum Gasteiger partial charge on any atom is 0.418 e. The standard InChI is InChI=1S/C18H16F3N3O4/c19-18(20,21)13-3-1-2-4-14(13)22-17(25)12-5-6-15(16(11-12)24(26)27)23-7-9-28-10-8-23/h1-6,11H,7-10H2,(H,22,25). The monoisotopic (exact) mass is 395 g/mol. The Labute approximate surface area is 157 Å². The smallest absolute Gasteiger partial charge is 0.378 e. The minimum atomic E-state index is -4.64. The van der Waals surface area contributed by atoms with Gasteiger partial charge in [-0.05, 0) is 24.3 Å². The van der Waals surface area contributed by atoms with Crippen molar-refractivity contribution in [3.63, 3.8) is 0 Å². The van der Waals surface area contributed by atoms with Gasteiger partial charge in [-0.1, -0.05) is 12.1 Å². The van der Waals surface area contributed by atoms with Crippen LogP contribution in [0.4, 0.5) is 30.2 Å². The number of hydrogen-bond acceptors (Lipinski definition) is 5. The van der Waals surface area contributed by atoms with E-state index in [9.17, 15) is 28.1 Å². The average Bonchev–Trinajstić information content (AvgIpc) is 2.67. The third-order valence-electron chi connectivity index (χ3n) is 4.27. The molecule has 2 aromatic carbocycles. The van der Waals surface area contributed by atoms with Gasteiger partial charge in [-0.15, -0.1) is 0 Å². The molecule has 0 aromatic heterocycles. The lowest BCUT2D eigenvalue weighted by atomic mass is 10.1. The quantitative estimate of drug-likeness (QED) is 0.630. The number of para-hydroxylation sites is 1. The van der Waals surface area contributed by atoms with Crippen molar-refractivity contribution in [2.75, 3.05) is 36.5 Å². The van der Waals surface area contributed by atoms with Crippen LogP contribution in [0.3, 0.4) is 0 Å². The number of rotatable bonds is 4. The summed E-state index contributed by atoms with van der Waals surface area (Å²) in [6.45, 7) is 1.78. The summed E-state index contributed by atoms with van der Waals surface area (Å²) in [5.74, 6) is -0.867. The van der Waals surface area contributed by atoms with Gasteiger partial charge in [0.25, 0.3) is 11.6 Å². The number of carbonyl (C=O) groups is 1. The Morgan fingerprint density at radius 2 is 1.82 bits per heavy atom. The number of benzene rings is 2. The maximum absolute atomic E-state index is 13.1. The molecule has 3 rings (SSSR count). The van der Waals surface area contributed by atoms with Crippen LogP contribution in [-0.4, -0.2) is 37.1 Å². The molecule has 1 heterocycles. The first kappa shape index (κ1) is 19.6. The number of halogens is 3. The highest BCUT2D eigenvalue weighted by molar-refractivity contribution is 6.05. The van der Waals surface area contributed by atoms with E-state index in [1.807, 2.05) is 0 Å². The Morgan fingerprint density at radius 1 is 1.14 bits per heavy atom. The van der Waals surface area contributed by atoms with Gasteiger partial charge >= 0.3 is 6.18 Å². The first-order valence-corrected chi connectivity index (χ1v) is 8.36. The van der Waals surface area contributed by atoms with Crippen molar-refractivity contribution < 1.29 is 27.6 Å². The predicted molar refractivity (Wildman–Crippen MR) is 95.5 cm³/mol. The van der Waals surface area contributed by atoms with Crippen LogP contribution in [0.15, 0.2) is 42.5 Å². The Bertz CT molecular complexity index is 896. The van der Waals surface area contributed by atoms with Crippen LogP contribution >= 0.6 is 0 Å². The predicted octanol–water partition coefficient (Wildman–Crippen LogP) is 3.70. The van der Waals surface area contributed by atoms with E-state index in [2.05, 4.69) is 5.32 Å². The first-order valence-electron chi connectivity index (χ1n) is 8.36. The molecule has 2 aromatic rings. The Hall–Kier alpha value is -3.14. The highest BCUT2D eigenvalue weighted by atomic mass is 19.4. The Balaban J connectivity index is 1.89. The molecule has 7 nitrogen and oxygen atoms in total. The van der Waals surface area contributed by atoms with E-state index < -0.39 is 28.3 Å². The number of alkyl halides is 3. The van der Waals surface area contributed by atoms with Crippen molar-refractivity contribution in [2.45, 2.75) is 6.18 Å². The Morgan fingerprint density at radius 3 is 2.46 bits per heavy atom. The minimum absolute atomic E-state index is 0.110. The molecule has 0 spiro atoms. The number of nitro groups is 1. The van der Waals surface area contributed by atoms with Gasteiger partial charge in [0.15, 0.2) is 0 Å². The van der Waals surface area contributed by atoms with Crippen molar-refractivity contribution >= 4 is 23.0 Å². The molecule has 0 unspecified atom stereocenters. The zero-order chi connectivity index (χ0) is 20.3. The fourth-order valence-corrected chi connectivity index (χ4v) is 2.92. The molecule has 1 saturated heterocycles. The molecule has 0 radical (unpaired) electrons. The Kier molecular flexibility index (Phi) is 5.50. The third-order valence-corrected chi connectivity index (χ3v) is 4.27. The molecule has 148 valence electrons. The molecule has 10 heteroatoms. The molecule has 1 aliphatic heterocycles. The molecule has 28 heavy (non-hydrogen) atoms. The summed E-state index contributed by atoms with van der Waals surface area (Å²) in [5.41, 5.74) is -1.48. The first-order chi connectivity index (χ1) is 13.3. The molecule has 1 aliphatic rings. The third kappa shape index (κ3) is 4.22. The van der Waals surface area contributed by atoms with Gasteiger partial charge in [-0.3, -0.25) is 14.9 Å². The van der Waals surface area contributed by atoms with Crippen LogP contribution in [0, 0.1) is 10.1 Å². The van der Waals surface area contributed by atoms with E-state index in [0.717, 1.165) is 18.2 Å². The number of nitrogens with one attached hydrogen (secondary N) is 1. The van der Waals surface area contributed by atoms with Crippen LogP contribution in [0.2, 0.25) is 0 Å². The van der Waals surface area contributed by atoms with E-state index in [-0.39, 0.29) is 11.3 Å². The number of anilines is 2. The van der Waals surface area contributed by atoms with Crippen LogP contribution in [-0.2, 0) is 10.9 Å². The topological polar surface area (TPSA) is 84.7 Å². The van der Waals surface area contributed by atoms with Crippen molar-refractivity contribution in [3.05, 3.63) is 63.7 Å². The van der Waals surface area contributed by atoms with Crippen LogP contribution in [0.5, 0.6) is 0 Å². The summed E-state index contributed by atoms with van der Waals surface area (Å²) in [5, 5.41) is 13.6. The summed E-state index contributed by atoms with van der Waals surface area (Å²) in [4.78, 5) is 25.0. The molecule has 0 aliphatic carbocycles. The van der Waals surface area contributed by atoms with Crippen molar-refractivity contribution in [1.29, 1.82) is 0 Å². The van der Waals surface area contributed by atoms with E-state index in [1.54, 1.807) is 4.90 Å². The number of morpholine rings is 1. The van der Waals surface area contributed by atoms with E-state index in [4.69, 9.17) is 4.74 Å². The van der Waals surface area contributed by atoms with E-state index in [1.165, 1.54) is 24.3 Å². The van der Waals surface area contributed by atoms with Crippen LogP contribution < -0.4 is 10.2 Å². The van der Waals surface area contributed by atoms with Crippen molar-refractivity contribution in [2.24, 2.45) is 0 Å². The van der Waals surface area contributed by atoms with Gasteiger partial charge in [0.1, 0.15) is 5.69 Å². The van der Waals surface area contributed by atoms with Gasteiger partial charge in [-0.2, -0.15) is 13.2 Å². The second-order valence-corrected chi connectivity index (χ2v) is 6.06. The molecule has 0 saturated carbocycles. The van der Waals surface area contributed by atoms with Crippen LogP contribution in [0.25, 0.3) is 0 Å². The number of hydrogen-bond donors (Lipinski definition) is 1. The molecule has 1 fully saturated rings. The molecule has 1 N–H and O–H groups in total. The van der Waals surface area contributed by atoms with Gasteiger partial charge in [0.2, 0.25) is 0 Å². The minimum Gasteiger partial charge on any atom is -0.378 e. The molecular formula is C18H16F3N3O4. The fraction of sp³-hybridized carbons (Fsp3) is 0.278. The van der Waals surface area contributed by atoms with Crippen LogP contribution in [0.1, 0.15) is 15.9 Å². The second-order valence-electron chi connectivity index (χ2n) is 6.06. The largest absolute Gasteiger partial charge is 0.418 e. The van der Waals surface area contributed by atoms with E-state index in [0.29, 0.717) is 32.0 Å². The van der Waals surface area contributed by atoms with Gasteiger partial charge in [-0.25, -0.2) is 0 Å². The zero-order valence-electron chi connectivity index (χ0n) is 14.5. The maximum atomic E-state index is 13.1. The molecule has 0 bridgehead atoms. The average molecular weight is 395 g/mol. The zero-order valence-corrected chi connectivity index (χ0v) is 14.5. The second kappa shape index (κ2) is 7.85. The number of nitrogens with zero attached hydrogens (tertiary/aromatic N) is 2. The lowest BCUT2D eigenvalue weighted by Gasteiger charge is -2.28. The number of nitro benzene ring substituents is 1. The number of ether oxygens (including phenoxy) is 1. The highest BCUT2D eigenvalue weighted by Gasteiger charge is 2.33. The highest BCUT2D eigenvalue weighted by Crippen LogP contribution is 2.35. The fourth-order valence-electron chi connectivity index (χ4n) is 2.92. The lowest BCUT2D eigenvalue weighted by molar-refractivity contribution is -0.384. The SMILES string of the molecule is O=C(Nc1ccccc1C(F)(F)F)c1ccc(N2CCOCC2)c([N+](=O)[O-])c1. The molecule has 1 amide bonds. The lowest BCUT2D eigenvalue weighted by Crippen LogP contribution is -2.36. The van der Waals surface area contributed by atoms with Crippen molar-refractivity contribution in [3.8, 4) is 0 Å². The summed E-state index contributed by atoms with van der Waals surface area (Å²) in [6, 6.07) is 8.37. The summed E-state index contributed by atoms with van der Waals surface area (Å²) in [7, 11) is 0. The summed E-state index contributed by atoms with van der Waals surface area (Å²) in [6.07, 6.45) is -4.64. The number of carbonyl (C=O) groups excluding carboxylic acids is 1. The van der Waals surface area contributed by atoms with E-state index >= 15 is 0 Å². The van der Waals surface area contributed by atoms with Gasteiger partial charge < -0.3 is 15.0 Å². The van der Waals surface area contributed by atoms with Gasteiger partial charge in [0, 0.05) is 24.7 Å². The summed E-state index contributed by atoms with van der Waals surface area (Å²) < 4.78 is 44.4. The van der Waals surface area contributed by atoms with Crippen molar-refractivity contribution in [1.82, 2.24) is 0 Å². The summed E-state index contributed by atoms with van der Waals surface area (Å²) >= 11 is 0. The molecular weight excluding hydrogens is 379 g/mol.